The van der Waals surface area contributed by atoms with E-state index in [1.165, 1.54) is 0 Å². The van der Waals surface area contributed by atoms with Crippen molar-refractivity contribution < 1.29 is 48.5 Å². The van der Waals surface area contributed by atoms with Gasteiger partial charge in [0.05, 0.1) is 0 Å². The number of hydrogen-bond donors (Lipinski definition) is 2. The van der Waals surface area contributed by atoms with Crippen molar-refractivity contribution in [2.24, 2.45) is 0 Å². The first-order chi connectivity index (χ1) is 5.00. The zero-order valence-electron chi connectivity index (χ0n) is 7.58. The van der Waals surface area contributed by atoms with Gasteiger partial charge >= 0.3 is 40.0 Å². The summed E-state index contributed by atoms with van der Waals surface area (Å²) in [5.41, 5.74) is 0. The van der Waals surface area contributed by atoms with E-state index in [0.717, 1.165) is 0 Å². The first kappa shape index (κ1) is 14.6. The Morgan fingerprint density at radius 1 is 0.833 bits per heavy atom. The van der Waals surface area contributed by atoms with Crippen LogP contribution in [0.1, 0.15) is 1.43 Å². The van der Waals surface area contributed by atoms with E-state index in [-0.39, 0.29) is 31.0 Å². The maximum absolute atomic E-state index is 8.74. The van der Waals surface area contributed by atoms with Crippen molar-refractivity contribution in [3.8, 4) is 0 Å². The fourth-order valence-electron chi connectivity index (χ4n) is 0.385. The Hall–Kier alpha value is 0.0900. The average molecular weight is 200 g/mol. The van der Waals surface area contributed by atoms with Crippen LogP contribution in [0.3, 0.4) is 0 Å². The van der Waals surface area contributed by atoms with Crippen LogP contribution in [0.25, 0.3) is 0 Å². The molecule has 0 saturated carbocycles. The second-order valence-corrected chi connectivity index (χ2v) is 2.50. The summed E-state index contributed by atoms with van der Waals surface area (Å²) in [6, 6.07) is 12.0. The minimum atomic E-state index is -4.67. The monoisotopic (exact) mass is 200 g/mol. The Kier molecular flexibility index (Phi) is 9.40. The third-order valence-corrected chi connectivity index (χ3v) is 0.667. The van der Waals surface area contributed by atoms with Crippen LogP contribution >= 0.6 is 0 Å². The minimum Gasteiger partial charge on any atom is -1.00 e. The van der Waals surface area contributed by atoms with Crippen molar-refractivity contribution in [1.29, 1.82) is 0 Å². The molecule has 0 atom stereocenters. The van der Waals surface area contributed by atoms with E-state index in [1.807, 2.05) is 36.4 Å². The fraction of sp³-hybridized carbons (Fsp3) is 0. The molecule has 1 aromatic rings. The third kappa shape index (κ3) is 22.5. The van der Waals surface area contributed by atoms with Crippen molar-refractivity contribution in [3.05, 3.63) is 36.4 Å². The first-order valence-electron chi connectivity index (χ1n) is 2.70. The standard InChI is InChI=1S/C6H6.Na.H2O4S.H/c1-2-4-6-5-3-1;;1-5(2,3)4;/h1-6H;;(H2,1,2,3,4);/q;+1;;-1. The molecule has 0 spiro atoms. The fourth-order valence-corrected chi connectivity index (χ4v) is 0.385. The van der Waals surface area contributed by atoms with Crippen LogP contribution in [0, 0.1) is 0 Å². The van der Waals surface area contributed by atoms with Gasteiger partial charge in [-0.2, -0.15) is 8.42 Å². The van der Waals surface area contributed by atoms with E-state index >= 15 is 0 Å². The van der Waals surface area contributed by atoms with Gasteiger partial charge < -0.3 is 1.43 Å². The second-order valence-electron chi connectivity index (χ2n) is 1.60. The summed E-state index contributed by atoms with van der Waals surface area (Å²) in [6.07, 6.45) is 0. The Labute approximate surface area is 95.0 Å². The van der Waals surface area contributed by atoms with E-state index in [1.54, 1.807) is 0 Å². The predicted molar refractivity (Wildman–Crippen MR) is 41.7 cm³/mol. The van der Waals surface area contributed by atoms with Crippen molar-refractivity contribution in [3.63, 3.8) is 0 Å². The number of hydrogen-bond acceptors (Lipinski definition) is 2. The summed E-state index contributed by atoms with van der Waals surface area (Å²) < 4.78 is 31.6. The van der Waals surface area contributed by atoms with Gasteiger partial charge in [0, 0.05) is 0 Å². The molecule has 6 heteroatoms. The van der Waals surface area contributed by atoms with Gasteiger partial charge in [-0.1, -0.05) is 36.4 Å². The van der Waals surface area contributed by atoms with E-state index in [2.05, 4.69) is 0 Å². The zero-order valence-corrected chi connectivity index (χ0v) is 9.40. The van der Waals surface area contributed by atoms with E-state index < -0.39 is 10.4 Å². The SMILES string of the molecule is O=S(=O)(O)O.[H-].[Na+].c1ccccc1. The van der Waals surface area contributed by atoms with Crippen LogP contribution in [0.15, 0.2) is 36.4 Å². The van der Waals surface area contributed by atoms with Crippen LogP contribution < -0.4 is 29.6 Å². The smallest absolute Gasteiger partial charge is 1.00 e. The summed E-state index contributed by atoms with van der Waals surface area (Å²) in [6.45, 7) is 0. The summed E-state index contributed by atoms with van der Waals surface area (Å²) in [5.74, 6) is 0. The molecule has 0 bridgehead atoms. The molecule has 0 fully saturated rings. The summed E-state index contributed by atoms with van der Waals surface area (Å²) in [5, 5.41) is 0. The van der Waals surface area contributed by atoms with E-state index in [0.29, 0.717) is 0 Å². The molecule has 1 rings (SSSR count). The number of benzene rings is 1. The molecule has 12 heavy (non-hydrogen) atoms. The largest absolute Gasteiger partial charge is 1.00 e. The van der Waals surface area contributed by atoms with E-state index in [9.17, 15) is 0 Å². The van der Waals surface area contributed by atoms with Crippen molar-refractivity contribution in [2.75, 3.05) is 0 Å². The quantitative estimate of drug-likeness (QED) is 0.381. The topological polar surface area (TPSA) is 74.6 Å². The summed E-state index contributed by atoms with van der Waals surface area (Å²) >= 11 is 0. The van der Waals surface area contributed by atoms with Gasteiger partial charge in [-0.3, -0.25) is 9.11 Å². The van der Waals surface area contributed by atoms with Crippen LogP contribution in [0.4, 0.5) is 0 Å². The predicted octanol–water partition coefficient (Wildman–Crippen LogP) is -1.85. The molecule has 0 unspecified atom stereocenters. The third-order valence-electron chi connectivity index (χ3n) is 0.667. The van der Waals surface area contributed by atoms with Crippen LogP contribution in [0.5, 0.6) is 0 Å². The molecule has 1 aromatic carbocycles. The Morgan fingerprint density at radius 3 is 1.00 bits per heavy atom. The molecule has 64 valence electrons. The maximum Gasteiger partial charge on any atom is 1.00 e. The first-order valence-corrected chi connectivity index (χ1v) is 4.10. The van der Waals surface area contributed by atoms with Crippen molar-refractivity contribution >= 4 is 10.4 Å². The Bertz CT molecular complexity index is 241. The van der Waals surface area contributed by atoms with Crippen LogP contribution in [-0.2, 0) is 10.4 Å². The van der Waals surface area contributed by atoms with Gasteiger partial charge in [0.1, 0.15) is 0 Å². The molecule has 2 N–H and O–H groups in total. The molecule has 0 aromatic heterocycles. The molecule has 4 nitrogen and oxygen atoms in total. The summed E-state index contributed by atoms with van der Waals surface area (Å²) in [4.78, 5) is 0. The Morgan fingerprint density at radius 2 is 0.917 bits per heavy atom. The van der Waals surface area contributed by atoms with E-state index in [4.69, 9.17) is 17.5 Å². The molecule has 0 aliphatic rings. The molecule has 0 radical (unpaired) electrons. The molecule has 0 heterocycles. The van der Waals surface area contributed by atoms with Gasteiger partial charge in [0.2, 0.25) is 0 Å². The average Bonchev–Trinajstić information content (AvgIpc) is 1.88. The van der Waals surface area contributed by atoms with Gasteiger partial charge in [0.15, 0.2) is 0 Å². The van der Waals surface area contributed by atoms with Gasteiger partial charge in [0.25, 0.3) is 0 Å². The molecule has 0 aliphatic carbocycles. The molecular formula is C6H9NaO4S. The zero-order chi connectivity index (χ0) is 8.74. The molecule has 0 aliphatic heterocycles. The number of rotatable bonds is 0. The molecule has 0 saturated heterocycles. The van der Waals surface area contributed by atoms with Crippen molar-refractivity contribution in [2.45, 2.75) is 0 Å². The normalized spacial score (nSPS) is 8.83. The van der Waals surface area contributed by atoms with Crippen LogP contribution in [-0.4, -0.2) is 17.5 Å². The summed E-state index contributed by atoms with van der Waals surface area (Å²) in [7, 11) is -4.67. The Balaban J connectivity index is -0.000000136. The molecule has 0 amide bonds. The van der Waals surface area contributed by atoms with Gasteiger partial charge in [-0.15, -0.1) is 0 Å². The van der Waals surface area contributed by atoms with Crippen LogP contribution in [0.2, 0.25) is 0 Å². The van der Waals surface area contributed by atoms with Crippen molar-refractivity contribution in [1.82, 2.24) is 0 Å². The molecular weight excluding hydrogens is 191 g/mol. The maximum atomic E-state index is 8.74. The minimum absolute atomic E-state index is 0. The van der Waals surface area contributed by atoms with Gasteiger partial charge in [-0.05, 0) is 0 Å². The second kappa shape index (κ2) is 7.72. The van der Waals surface area contributed by atoms with Gasteiger partial charge in [-0.25, -0.2) is 0 Å².